The number of nitrogens with zero attached hydrogens (tertiary/aromatic N) is 2. The van der Waals surface area contributed by atoms with Gasteiger partial charge < -0.3 is 4.90 Å². The molecule has 0 N–H and O–H groups in total. The van der Waals surface area contributed by atoms with Gasteiger partial charge in [0, 0.05) is 18.3 Å². The maximum Gasteiger partial charge on any atom is 0.241 e. The summed E-state index contributed by atoms with van der Waals surface area (Å²) < 4.78 is 0. The highest BCUT2D eigenvalue weighted by Gasteiger charge is 2.31. The largest absolute Gasteiger partial charge is 0.313 e. The zero-order valence-corrected chi connectivity index (χ0v) is 12.9. The molecule has 0 aliphatic carbocycles. The van der Waals surface area contributed by atoms with Gasteiger partial charge in [-0.05, 0) is 37.3 Å². The Morgan fingerprint density at radius 3 is 2.30 bits per heavy atom. The minimum absolute atomic E-state index is 0.0912. The van der Waals surface area contributed by atoms with Crippen LogP contribution in [0.3, 0.4) is 0 Å². The van der Waals surface area contributed by atoms with Crippen LogP contribution in [0.2, 0.25) is 0 Å². The lowest BCUT2D eigenvalue weighted by Gasteiger charge is -2.24. The standard InChI is InChI=1S/C18H16N2O3/c1-12(21)13-8-9-15-16(10-13)20(14-6-4-3-5-7-14)18(23)11-17(22)19(15)2/h3-10H,11H2,1-2H3. The molecule has 0 radical (unpaired) electrons. The number of fused-ring (bicyclic) bond motifs is 1. The summed E-state index contributed by atoms with van der Waals surface area (Å²) in [5.74, 6) is -0.677. The van der Waals surface area contributed by atoms with Gasteiger partial charge in [-0.1, -0.05) is 18.2 Å². The zero-order chi connectivity index (χ0) is 16.6. The van der Waals surface area contributed by atoms with Gasteiger partial charge in [-0.2, -0.15) is 0 Å². The number of benzene rings is 2. The van der Waals surface area contributed by atoms with Crippen molar-refractivity contribution in [2.75, 3.05) is 16.8 Å². The first kappa shape index (κ1) is 15.0. The van der Waals surface area contributed by atoms with Gasteiger partial charge >= 0.3 is 0 Å². The number of carbonyl (C=O) groups excluding carboxylic acids is 3. The Kier molecular flexibility index (Phi) is 3.70. The molecule has 1 aliphatic rings. The maximum absolute atomic E-state index is 12.6. The van der Waals surface area contributed by atoms with Gasteiger partial charge in [-0.3, -0.25) is 19.3 Å². The highest BCUT2D eigenvalue weighted by atomic mass is 16.2. The second-order valence-corrected chi connectivity index (χ2v) is 5.45. The minimum atomic E-state index is -0.312. The van der Waals surface area contributed by atoms with E-state index in [1.807, 2.05) is 18.2 Å². The van der Waals surface area contributed by atoms with Crippen LogP contribution < -0.4 is 9.80 Å². The van der Waals surface area contributed by atoms with Gasteiger partial charge in [-0.15, -0.1) is 0 Å². The first-order chi connectivity index (χ1) is 11.0. The molecular weight excluding hydrogens is 292 g/mol. The van der Waals surface area contributed by atoms with Crippen molar-refractivity contribution in [1.29, 1.82) is 0 Å². The van der Waals surface area contributed by atoms with Crippen molar-refractivity contribution in [3.63, 3.8) is 0 Å². The molecule has 0 spiro atoms. The minimum Gasteiger partial charge on any atom is -0.313 e. The fraction of sp³-hybridized carbons (Fsp3) is 0.167. The van der Waals surface area contributed by atoms with Crippen molar-refractivity contribution in [3.8, 4) is 0 Å². The van der Waals surface area contributed by atoms with Crippen LogP contribution in [-0.2, 0) is 9.59 Å². The van der Waals surface area contributed by atoms with Crippen LogP contribution in [0.25, 0.3) is 0 Å². The normalized spacial score (nSPS) is 14.5. The number of amides is 2. The lowest BCUT2D eigenvalue weighted by Crippen LogP contribution is -2.28. The van der Waals surface area contributed by atoms with E-state index in [2.05, 4.69) is 0 Å². The number of carbonyl (C=O) groups is 3. The second-order valence-electron chi connectivity index (χ2n) is 5.45. The number of anilines is 3. The van der Waals surface area contributed by atoms with Crippen molar-refractivity contribution >= 4 is 34.7 Å². The molecule has 5 heteroatoms. The molecule has 1 aliphatic heterocycles. The number of Topliss-reactive ketones (excluding diaryl/α,β-unsaturated/α-hetero) is 1. The summed E-state index contributed by atoms with van der Waals surface area (Å²) >= 11 is 0. The van der Waals surface area contributed by atoms with Crippen LogP contribution in [-0.4, -0.2) is 24.6 Å². The molecule has 3 rings (SSSR count). The molecule has 0 bridgehead atoms. The highest BCUT2D eigenvalue weighted by Crippen LogP contribution is 2.38. The average molecular weight is 308 g/mol. The molecule has 23 heavy (non-hydrogen) atoms. The first-order valence-electron chi connectivity index (χ1n) is 7.28. The molecule has 116 valence electrons. The van der Waals surface area contributed by atoms with Gasteiger partial charge in [-0.25, -0.2) is 0 Å². The highest BCUT2D eigenvalue weighted by molar-refractivity contribution is 6.18. The molecule has 0 aromatic heterocycles. The van der Waals surface area contributed by atoms with Crippen LogP contribution in [0.4, 0.5) is 17.1 Å². The van der Waals surface area contributed by atoms with Crippen LogP contribution >= 0.6 is 0 Å². The summed E-state index contributed by atoms with van der Waals surface area (Å²) in [4.78, 5) is 39.5. The van der Waals surface area contributed by atoms with Gasteiger partial charge in [0.05, 0.1) is 11.4 Å². The third-order valence-corrected chi connectivity index (χ3v) is 3.92. The Balaban J connectivity index is 2.25. The summed E-state index contributed by atoms with van der Waals surface area (Å²) in [5, 5.41) is 0. The van der Waals surface area contributed by atoms with E-state index in [0.717, 1.165) is 0 Å². The molecule has 2 amide bonds. The van der Waals surface area contributed by atoms with Crippen molar-refractivity contribution in [2.24, 2.45) is 0 Å². The molecule has 2 aromatic carbocycles. The first-order valence-corrected chi connectivity index (χ1v) is 7.28. The smallest absolute Gasteiger partial charge is 0.241 e. The van der Waals surface area contributed by atoms with Gasteiger partial charge in [0.15, 0.2) is 5.78 Å². The summed E-state index contributed by atoms with van der Waals surface area (Å²) in [6.07, 6.45) is -0.213. The fourth-order valence-electron chi connectivity index (χ4n) is 2.66. The number of rotatable bonds is 2. The monoisotopic (exact) mass is 308 g/mol. The lowest BCUT2D eigenvalue weighted by atomic mass is 10.1. The van der Waals surface area contributed by atoms with E-state index in [4.69, 9.17) is 0 Å². The summed E-state index contributed by atoms with van der Waals surface area (Å²) in [5.41, 5.74) is 2.32. The number of hydrogen-bond acceptors (Lipinski definition) is 3. The van der Waals surface area contributed by atoms with E-state index in [-0.39, 0.29) is 24.0 Å². The van der Waals surface area contributed by atoms with Crippen LogP contribution in [0, 0.1) is 0 Å². The van der Waals surface area contributed by atoms with E-state index >= 15 is 0 Å². The third-order valence-electron chi connectivity index (χ3n) is 3.92. The molecule has 0 unspecified atom stereocenters. The number of hydrogen-bond donors (Lipinski definition) is 0. The molecule has 0 saturated carbocycles. The van der Waals surface area contributed by atoms with E-state index in [0.29, 0.717) is 22.6 Å². The molecule has 5 nitrogen and oxygen atoms in total. The van der Waals surface area contributed by atoms with Crippen LogP contribution in [0.1, 0.15) is 23.7 Å². The van der Waals surface area contributed by atoms with Crippen molar-refractivity contribution < 1.29 is 14.4 Å². The van der Waals surface area contributed by atoms with Crippen LogP contribution in [0.15, 0.2) is 48.5 Å². The Labute approximate surface area is 134 Å². The van der Waals surface area contributed by atoms with Crippen molar-refractivity contribution in [1.82, 2.24) is 0 Å². The van der Waals surface area contributed by atoms with Gasteiger partial charge in [0.25, 0.3) is 0 Å². The quantitative estimate of drug-likeness (QED) is 0.633. The number of ketones is 1. The summed E-state index contributed by atoms with van der Waals surface area (Å²) in [7, 11) is 1.64. The molecule has 0 atom stereocenters. The maximum atomic E-state index is 12.6. The predicted molar refractivity (Wildman–Crippen MR) is 88.1 cm³/mol. The lowest BCUT2D eigenvalue weighted by molar-refractivity contribution is -0.125. The average Bonchev–Trinajstić information content (AvgIpc) is 2.63. The number of para-hydroxylation sites is 1. The SMILES string of the molecule is CC(=O)c1ccc2c(c1)N(c1ccccc1)C(=O)CC(=O)N2C. The van der Waals surface area contributed by atoms with E-state index < -0.39 is 0 Å². The molecule has 0 fully saturated rings. The van der Waals surface area contributed by atoms with E-state index in [9.17, 15) is 14.4 Å². The Hall–Kier alpha value is -2.95. The fourth-order valence-corrected chi connectivity index (χ4v) is 2.66. The third kappa shape index (κ3) is 2.61. The van der Waals surface area contributed by atoms with E-state index in [1.54, 1.807) is 37.4 Å². The Morgan fingerprint density at radius 1 is 0.957 bits per heavy atom. The summed E-state index contributed by atoms with van der Waals surface area (Å²) in [6.45, 7) is 1.47. The summed E-state index contributed by atoms with van der Waals surface area (Å²) in [6, 6.07) is 14.2. The Morgan fingerprint density at radius 2 is 1.65 bits per heavy atom. The topological polar surface area (TPSA) is 57.7 Å². The second kappa shape index (κ2) is 5.68. The van der Waals surface area contributed by atoms with Crippen molar-refractivity contribution in [2.45, 2.75) is 13.3 Å². The van der Waals surface area contributed by atoms with Gasteiger partial charge in [0.2, 0.25) is 11.8 Å². The molecule has 1 heterocycles. The zero-order valence-electron chi connectivity index (χ0n) is 12.9. The van der Waals surface area contributed by atoms with Crippen molar-refractivity contribution in [3.05, 3.63) is 54.1 Å². The van der Waals surface area contributed by atoms with Crippen LogP contribution in [0.5, 0.6) is 0 Å². The predicted octanol–water partition coefficient (Wildman–Crippen LogP) is 2.92. The molecule has 2 aromatic rings. The molecule has 0 saturated heterocycles. The molecular formula is C18H16N2O3. The van der Waals surface area contributed by atoms with Gasteiger partial charge in [0.1, 0.15) is 6.42 Å². The van der Waals surface area contributed by atoms with E-state index in [1.165, 1.54) is 16.7 Å². The Bertz CT molecular complexity index is 799.